The number of hydrogen-bond acceptors (Lipinski definition) is 5. The van der Waals surface area contributed by atoms with Crippen LogP contribution in [0.1, 0.15) is 23.0 Å². The van der Waals surface area contributed by atoms with Crippen LogP contribution in [0.25, 0.3) is 0 Å². The molecule has 1 heterocycles. The van der Waals surface area contributed by atoms with Gasteiger partial charge in [0.2, 0.25) is 0 Å². The van der Waals surface area contributed by atoms with Gasteiger partial charge >= 0.3 is 0 Å². The van der Waals surface area contributed by atoms with Crippen LogP contribution in [0.2, 0.25) is 0 Å². The van der Waals surface area contributed by atoms with Gasteiger partial charge in [-0.05, 0) is 37.3 Å². The van der Waals surface area contributed by atoms with E-state index in [1.807, 2.05) is 18.2 Å². The standard InChI is InChI=1S/C16H17N3O3/c1-11(13-6-4-5-9-17-13)18-19-16(20)12-7-8-14(21-2)15(10-12)22-3/h4-10H,1-3H3,(H,19,20). The molecule has 1 aromatic carbocycles. The molecule has 0 fully saturated rings. The monoisotopic (exact) mass is 299 g/mol. The minimum absolute atomic E-state index is 0.337. The maximum atomic E-state index is 12.1. The zero-order valence-corrected chi connectivity index (χ0v) is 12.7. The summed E-state index contributed by atoms with van der Waals surface area (Å²) in [5, 5.41) is 4.05. The van der Waals surface area contributed by atoms with Crippen LogP contribution in [-0.2, 0) is 0 Å². The van der Waals surface area contributed by atoms with Crippen LogP contribution in [0, 0.1) is 0 Å². The van der Waals surface area contributed by atoms with Gasteiger partial charge in [0.1, 0.15) is 0 Å². The normalized spacial score (nSPS) is 11.0. The average molecular weight is 299 g/mol. The van der Waals surface area contributed by atoms with Gasteiger partial charge in [0.25, 0.3) is 5.91 Å². The van der Waals surface area contributed by atoms with Crippen LogP contribution in [0.15, 0.2) is 47.7 Å². The van der Waals surface area contributed by atoms with E-state index in [0.29, 0.717) is 28.5 Å². The van der Waals surface area contributed by atoms with Gasteiger partial charge in [0, 0.05) is 11.8 Å². The van der Waals surface area contributed by atoms with Gasteiger partial charge in [-0.3, -0.25) is 9.78 Å². The molecule has 0 saturated heterocycles. The molecule has 0 aliphatic heterocycles. The molecule has 0 aliphatic rings. The molecule has 0 atom stereocenters. The Bertz CT molecular complexity index is 684. The van der Waals surface area contributed by atoms with Crippen molar-refractivity contribution in [3.05, 3.63) is 53.9 Å². The van der Waals surface area contributed by atoms with Gasteiger partial charge in [-0.15, -0.1) is 0 Å². The second-order valence-corrected chi connectivity index (χ2v) is 4.42. The molecule has 2 rings (SSSR count). The summed E-state index contributed by atoms with van der Waals surface area (Å²) in [7, 11) is 3.06. The Kier molecular flexibility index (Phi) is 5.08. The Morgan fingerprint density at radius 1 is 1.14 bits per heavy atom. The Morgan fingerprint density at radius 2 is 1.91 bits per heavy atom. The minimum atomic E-state index is -0.337. The number of hydrogen-bond donors (Lipinski definition) is 1. The van der Waals surface area contributed by atoms with Crippen molar-refractivity contribution in [1.82, 2.24) is 10.4 Å². The number of nitrogens with zero attached hydrogens (tertiary/aromatic N) is 2. The zero-order valence-electron chi connectivity index (χ0n) is 12.7. The Hall–Kier alpha value is -2.89. The first kappa shape index (κ1) is 15.5. The fraction of sp³-hybridized carbons (Fsp3) is 0.188. The quantitative estimate of drug-likeness (QED) is 0.679. The number of methoxy groups -OCH3 is 2. The van der Waals surface area contributed by atoms with Crippen molar-refractivity contribution in [2.45, 2.75) is 6.92 Å². The molecular formula is C16H17N3O3. The van der Waals surface area contributed by atoms with Gasteiger partial charge < -0.3 is 9.47 Å². The smallest absolute Gasteiger partial charge is 0.271 e. The van der Waals surface area contributed by atoms with Crippen molar-refractivity contribution in [2.75, 3.05) is 14.2 Å². The van der Waals surface area contributed by atoms with Crippen molar-refractivity contribution in [3.8, 4) is 11.5 Å². The third-order valence-electron chi connectivity index (χ3n) is 3.01. The first-order valence-electron chi connectivity index (χ1n) is 6.63. The fourth-order valence-corrected chi connectivity index (χ4v) is 1.81. The molecule has 6 nitrogen and oxygen atoms in total. The number of benzene rings is 1. The van der Waals surface area contributed by atoms with E-state index in [4.69, 9.17) is 9.47 Å². The maximum absolute atomic E-state index is 12.1. The molecule has 1 amide bonds. The van der Waals surface area contributed by atoms with Crippen molar-refractivity contribution in [3.63, 3.8) is 0 Å². The summed E-state index contributed by atoms with van der Waals surface area (Å²) in [6, 6.07) is 10.4. The number of nitrogens with one attached hydrogen (secondary N) is 1. The predicted molar refractivity (Wildman–Crippen MR) is 83.5 cm³/mol. The number of amides is 1. The van der Waals surface area contributed by atoms with Crippen LogP contribution >= 0.6 is 0 Å². The molecular weight excluding hydrogens is 282 g/mol. The van der Waals surface area contributed by atoms with E-state index >= 15 is 0 Å². The fourth-order valence-electron chi connectivity index (χ4n) is 1.81. The first-order chi connectivity index (χ1) is 10.7. The summed E-state index contributed by atoms with van der Waals surface area (Å²) in [6.07, 6.45) is 1.67. The number of pyridine rings is 1. The van der Waals surface area contributed by atoms with Crippen molar-refractivity contribution in [2.24, 2.45) is 5.10 Å². The molecule has 1 N–H and O–H groups in total. The molecule has 22 heavy (non-hydrogen) atoms. The van der Waals surface area contributed by atoms with Crippen LogP contribution in [0.5, 0.6) is 11.5 Å². The summed E-state index contributed by atoms with van der Waals surface area (Å²) >= 11 is 0. The molecule has 0 bridgehead atoms. The van der Waals surface area contributed by atoms with E-state index in [1.165, 1.54) is 14.2 Å². The number of aromatic nitrogens is 1. The van der Waals surface area contributed by atoms with E-state index < -0.39 is 0 Å². The van der Waals surface area contributed by atoms with Gasteiger partial charge in [0.15, 0.2) is 11.5 Å². The number of rotatable bonds is 5. The molecule has 0 aliphatic carbocycles. The maximum Gasteiger partial charge on any atom is 0.271 e. The van der Waals surface area contributed by atoms with Gasteiger partial charge in [0.05, 0.1) is 25.6 Å². The van der Waals surface area contributed by atoms with Crippen molar-refractivity contribution in [1.29, 1.82) is 0 Å². The topological polar surface area (TPSA) is 72.8 Å². The minimum Gasteiger partial charge on any atom is -0.493 e. The lowest BCUT2D eigenvalue weighted by molar-refractivity contribution is 0.0954. The largest absolute Gasteiger partial charge is 0.493 e. The van der Waals surface area contributed by atoms with Gasteiger partial charge in [-0.25, -0.2) is 5.43 Å². The van der Waals surface area contributed by atoms with Gasteiger partial charge in [-0.2, -0.15) is 5.10 Å². The second-order valence-electron chi connectivity index (χ2n) is 4.42. The van der Waals surface area contributed by atoms with E-state index in [-0.39, 0.29) is 5.91 Å². The molecule has 0 saturated carbocycles. The van der Waals surface area contributed by atoms with Crippen LogP contribution in [-0.4, -0.2) is 30.8 Å². The van der Waals surface area contributed by atoms with Crippen LogP contribution in [0.4, 0.5) is 0 Å². The predicted octanol–water partition coefficient (Wildman–Crippen LogP) is 2.25. The van der Waals surface area contributed by atoms with E-state index in [2.05, 4.69) is 15.5 Å². The summed E-state index contributed by atoms with van der Waals surface area (Å²) in [4.78, 5) is 16.3. The summed E-state index contributed by atoms with van der Waals surface area (Å²) < 4.78 is 10.3. The van der Waals surface area contributed by atoms with Crippen molar-refractivity contribution >= 4 is 11.6 Å². The Balaban J connectivity index is 2.12. The lowest BCUT2D eigenvalue weighted by Crippen LogP contribution is -2.19. The van der Waals surface area contributed by atoms with Crippen LogP contribution < -0.4 is 14.9 Å². The highest BCUT2D eigenvalue weighted by atomic mass is 16.5. The molecule has 2 aromatic rings. The first-order valence-corrected chi connectivity index (χ1v) is 6.63. The summed E-state index contributed by atoms with van der Waals surface area (Å²) in [6.45, 7) is 1.78. The second kappa shape index (κ2) is 7.21. The number of carbonyl (C=O) groups excluding carboxylic acids is 1. The highest BCUT2D eigenvalue weighted by Crippen LogP contribution is 2.27. The Labute approximate surface area is 128 Å². The third-order valence-corrected chi connectivity index (χ3v) is 3.01. The molecule has 0 radical (unpaired) electrons. The number of carbonyl (C=O) groups is 1. The molecule has 1 aromatic heterocycles. The highest BCUT2D eigenvalue weighted by molar-refractivity contribution is 5.99. The van der Waals surface area contributed by atoms with Crippen LogP contribution in [0.3, 0.4) is 0 Å². The summed E-state index contributed by atoms with van der Waals surface area (Å²) in [5.74, 6) is 0.712. The zero-order chi connectivity index (χ0) is 15.9. The average Bonchev–Trinajstić information content (AvgIpc) is 2.59. The lowest BCUT2D eigenvalue weighted by atomic mass is 10.2. The molecule has 6 heteroatoms. The van der Waals surface area contributed by atoms with E-state index in [9.17, 15) is 4.79 Å². The molecule has 0 spiro atoms. The molecule has 114 valence electrons. The summed E-state index contributed by atoms with van der Waals surface area (Å²) in [5.41, 5.74) is 4.25. The lowest BCUT2D eigenvalue weighted by Gasteiger charge is -2.09. The number of ether oxygens (including phenoxy) is 2. The SMILES string of the molecule is COc1ccc(C(=O)NN=C(C)c2ccccn2)cc1OC. The Morgan fingerprint density at radius 3 is 2.55 bits per heavy atom. The van der Waals surface area contributed by atoms with Crippen molar-refractivity contribution < 1.29 is 14.3 Å². The number of hydrazone groups is 1. The third kappa shape index (κ3) is 3.60. The van der Waals surface area contributed by atoms with E-state index in [1.54, 1.807) is 31.3 Å². The van der Waals surface area contributed by atoms with Gasteiger partial charge in [-0.1, -0.05) is 6.07 Å². The highest BCUT2D eigenvalue weighted by Gasteiger charge is 2.10. The van der Waals surface area contributed by atoms with E-state index in [0.717, 1.165) is 0 Å². The molecule has 0 unspecified atom stereocenters.